The molecule has 4 aromatic rings. The van der Waals surface area contributed by atoms with Gasteiger partial charge in [-0.25, -0.2) is 5.43 Å². The average Bonchev–Trinajstić information content (AvgIpc) is 3.23. The molecule has 3 aromatic carbocycles. The van der Waals surface area contributed by atoms with Crippen molar-refractivity contribution < 1.29 is 18.7 Å². The highest BCUT2D eigenvalue weighted by Gasteiger charge is 2.14. The van der Waals surface area contributed by atoms with Crippen molar-refractivity contribution in [2.45, 2.75) is 13.5 Å². The fourth-order valence-corrected chi connectivity index (χ4v) is 3.73. The van der Waals surface area contributed by atoms with Gasteiger partial charge < -0.3 is 13.9 Å². The summed E-state index contributed by atoms with van der Waals surface area (Å²) in [7, 11) is 0. The Morgan fingerprint density at radius 2 is 1.76 bits per heavy atom. The van der Waals surface area contributed by atoms with E-state index < -0.39 is 5.91 Å². The van der Waals surface area contributed by atoms with Gasteiger partial charge in [-0.3, -0.25) is 4.79 Å². The molecule has 1 N–H and O–H groups in total. The van der Waals surface area contributed by atoms with E-state index >= 15 is 0 Å². The Hall–Kier alpha value is -3.19. The number of rotatable bonds is 8. The van der Waals surface area contributed by atoms with Crippen LogP contribution in [0.25, 0.3) is 11.0 Å². The average molecular weight is 518 g/mol. The third-order valence-corrected chi connectivity index (χ3v) is 5.48. The number of benzene rings is 3. The summed E-state index contributed by atoms with van der Waals surface area (Å²) >= 11 is 18.4. The Kier molecular flexibility index (Phi) is 7.63. The number of halogens is 3. The smallest absolute Gasteiger partial charge is 0.307 e. The molecule has 0 saturated carbocycles. The molecule has 174 valence electrons. The van der Waals surface area contributed by atoms with E-state index in [9.17, 15) is 4.79 Å². The van der Waals surface area contributed by atoms with Gasteiger partial charge in [0.05, 0.1) is 17.8 Å². The van der Waals surface area contributed by atoms with Crippen molar-refractivity contribution in [3.63, 3.8) is 0 Å². The molecule has 1 aromatic heterocycles. The number of nitrogens with zero attached hydrogens (tertiary/aromatic N) is 1. The first-order valence-electron chi connectivity index (χ1n) is 10.3. The number of hydrogen-bond donors (Lipinski definition) is 1. The van der Waals surface area contributed by atoms with E-state index in [1.165, 1.54) is 6.21 Å². The van der Waals surface area contributed by atoms with E-state index in [2.05, 4.69) is 10.5 Å². The first-order chi connectivity index (χ1) is 16.4. The lowest BCUT2D eigenvalue weighted by atomic mass is 10.2. The molecule has 0 atom stereocenters. The molecule has 0 spiro atoms. The molecular formula is C25H19Cl3N2O4. The molecule has 0 fully saturated rings. The number of nitrogens with one attached hydrogen (secondary N) is 1. The molecule has 1 amide bonds. The zero-order valence-electron chi connectivity index (χ0n) is 18.0. The van der Waals surface area contributed by atoms with Gasteiger partial charge in [-0.15, -0.1) is 0 Å². The number of hydrogen-bond acceptors (Lipinski definition) is 5. The summed E-state index contributed by atoms with van der Waals surface area (Å²) in [5.74, 6) is 0.502. The molecule has 9 heteroatoms. The van der Waals surface area contributed by atoms with Crippen molar-refractivity contribution in [1.82, 2.24) is 5.43 Å². The molecule has 1 heterocycles. The van der Waals surface area contributed by atoms with E-state index in [0.717, 1.165) is 10.9 Å². The summed E-state index contributed by atoms with van der Waals surface area (Å²) in [4.78, 5) is 12.4. The molecule has 0 aliphatic carbocycles. The number of amides is 1. The quantitative estimate of drug-likeness (QED) is 0.199. The Labute approximate surface area is 211 Å². The highest BCUT2D eigenvalue weighted by molar-refractivity contribution is 6.32. The topological polar surface area (TPSA) is 73.1 Å². The summed E-state index contributed by atoms with van der Waals surface area (Å²) in [6.45, 7) is 2.57. The first kappa shape index (κ1) is 24.0. The standard InChI is InChI=1S/C25H19Cl3N2O4/c1-2-32-22-10-16(9-20(28)24(22)33-14-15-3-5-18(26)6-4-15)13-29-30-25(31)23-12-17-11-19(27)7-8-21(17)34-23/h3-13H,2,14H2,1H3,(H,30,31)/b29-13+. The van der Waals surface area contributed by atoms with Gasteiger partial charge in [0.25, 0.3) is 0 Å². The van der Waals surface area contributed by atoms with Crippen LogP contribution in [0.1, 0.15) is 28.6 Å². The van der Waals surface area contributed by atoms with Crippen molar-refractivity contribution in [2.75, 3.05) is 6.61 Å². The zero-order chi connectivity index (χ0) is 24.1. The Morgan fingerprint density at radius 3 is 2.53 bits per heavy atom. The Balaban J connectivity index is 1.46. The van der Waals surface area contributed by atoms with Gasteiger partial charge in [-0.1, -0.05) is 46.9 Å². The molecule has 0 radical (unpaired) electrons. The lowest BCUT2D eigenvalue weighted by Gasteiger charge is -2.14. The minimum Gasteiger partial charge on any atom is -0.490 e. The van der Waals surface area contributed by atoms with Gasteiger partial charge in [0.2, 0.25) is 0 Å². The predicted octanol–water partition coefficient (Wildman–Crippen LogP) is 7.13. The molecule has 4 rings (SSSR count). The zero-order valence-corrected chi connectivity index (χ0v) is 20.2. The van der Waals surface area contributed by atoms with Gasteiger partial charge in [0, 0.05) is 15.4 Å². The monoisotopic (exact) mass is 516 g/mol. The van der Waals surface area contributed by atoms with Gasteiger partial charge >= 0.3 is 5.91 Å². The lowest BCUT2D eigenvalue weighted by Crippen LogP contribution is -2.16. The van der Waals surface area contributed by atoms with Crippen LogP contribution in [0.3, 0.4) is 0 Å². The third-order valence-electron chi connectivity index (χ3n) is 4.71. The van der Waals surface area contributed by atoms with Gasteiger partial charge in [0.15, 0.2) is 17.3 Å². The van der Waals surface area contributed by atoms with E-state index in [-0.39, 0.29) is 5.76 Å². The van der Waals surface area contributed by atoms with Crippen molar-refractivity contribution in [1.29, 1.82) is 0 Å². The lowest BCUT2D eigenvalue weighted by molar-refractivity contribution is 0.0929. The summed E-state index contributed by atoms with van der Waals surface area (Å²) < 4.78 is 17.1. The molecule has 0 aliphatic heterocycles. The first-order valence-corrected chi connectivity index (χ1v) is 11.4. The number of carbonyl (C=O) groups excluding carboxylic acids is 1. The second-order valence-electron chi connectivity index (χ2n) is 7.17. The van der Waals surface area contributed by atoms with Crippen molar-refractivity contribution in [3.05, 3.63) is 92.6 Å². The summed E-state index contributed by atoms with van der Waals surface area (Å²) in [5, 5.41) is 6.28. The van der Waals surface area contributed by atoms with Crippen LogP contribution < -0.4 is 14.9 Å². The van der Waals surface area contributed by atoms with Crippen LogP contribution in [0.4, 0.5) is 0 Å². The number of furan rings is 1. The Bertz CT molecular complexity index is 1350. The third kappa shape index (κ3) is 5.83. The van der Waals surface area contributed by atoms with Crippen LogP contribution in [0.15, 0.2) is 70.2 Å². The van der Waals surface area contributed by atoms with Crippen LogP contribution in [-0.2, 0) is 6.61 Å². The number of carbonyl (C=O) groups is 1. The number of fused-ring (bicyclic) bond motifs is 1. The van der Waals surface area contributed by atoms with Crippen LogP contribution in [0.2, 0.25) is 15.1 Å². The minimum atomic E-state index is -0.498. The van der Waals surface area contributed by atoms with E-state index in [0.29, 0.717) is 50.9 Å². The van der Waals surface area contributed by atoms with E-state index in [1.54, 1.807) is 48.5 Å². The minimum absolute atomic E-state index is 0.119. The summed E-state index contributed by atoms with van der Waals surface area (Å²) in [6, 6.07) is 17.4. The maximum absolute atomic E-state index is 12.4. The highest BCUT2D eigenvalue weighted by Crippen LogP contribution is 2.37. The van der Waals surface area contributed by atoms with Crippen molar-refractivity contribution >= 4 is 57.9 Å². The Morgan fingerprint density at radius 1 is 1.00 bits per heavy atom. The van der Waals surface area contributed by atoms with Crippen molar-refractivity contribution in [2.24, 2.45) is 5.10 Å². The molecule has 0 saturated heterocycles. The van der Waals surface area contributed by atoms with Crippen LogP contribution in [0.5, 0.6) is 11.5 Å². The molecule has 0 unspecified atom stereocenters. The molecule has 34 heavy (non-hydrogen) atoms. The number of hydrazone groups is 1. The van der Waals surface area contributed by atoms with E-state index in [4.69, 9.17) is 48.7 Å². The largest absolute Gasteiger partial charge is 0.490 e. The second kappa shape index (κ2) is 10.8. The summed E-state index contributed by atoms with van der Waals surface area (Å²) in [5.41, 5.74) is 4.54. The maximum Gasteiger partial charge on any atom is 0.307 e. The van der Waals surface area contributed by atoms with Crippen LogP contribution in [-0.4, -0.2) is 18.7 Å². The van der Waals surface area contributed by atoms with Crippen LogP contribution in [0, 0.1) is 0 Å². The maximum atomic E-state index is 12.4. The fraction of sp³-hybridized carbons (Fsp3) is 0.120. The molecule has 0 bridgehead atoms. The summed E-state index contributed by atoms with van der Waals surface area (Å²) in [6.07, 6.45) is 1.45. The molecule has 0 aliphatic rings. The second-order valence-corrected chi connectivity index (χ2v) is 8.45. The molecular weight excluding hydrogens is 499 g/mol. The van der Waals surface area contributed by atoms with Gasteiger partial charge in [-0.2, -0.15) is 5.10 Å². The van der Waals surface area contributed by atoms with Gasteiger partial charge in [-0.05, 0) is 66.6 Å². The normalized spacial score (nSPS) is 11.2. The predicted molar refractivity (Wildman–Crippen MR) is 135 cm³/mol. The van der Waals surface area contributed by atoms with E-state index in [1.807, 2.05) is 19.1 Å². The van der Waals surface area contributed by atoms with Crippen LogP contribution >= 0.6 is 34.8 Å². The fourth-order valence-electron chi connectivity index (χ4n) is 3.15. The molecule has 6 nitrogen and oxygen atoms in total. The number of ether oxygens (including phenoxy) is 2. The van der Waals surface area contributed by atoms with Crippen molar-refractivity contribution in [3.8, 4) is 11.5 Å². The van der Waals surface area contributed by atoms with Gasteiger partial charge in [0.1, 0.15) is 12.2 Å². The highest BCUT2D eigenvalue weighted by atomic mass is 35.5. The SMILES string of the molecule is CCOc1cc(/C=N/NC(=O)c2cc3cc(Cl)ccc3o2)cc(Cl)c1OCc1ccc(Cl)cc1.